The smallest absolute Gasteiger partial charge is 0.263 e. The lowest BCUT2D eigenvalue weighted by molar-refractivity contribution is -0.0915. The molecule has 0 spiro atoms. The quantitative estimate of drug-likeness (QED) is 0.172. The van der Waals surface area contributed by atoms with Crippen molar-refractivity contribution in [1.29, 1.82) is 0 Å². The third-order valence-corrected chi connectivity index (χ3v) is 14.7. The van der Waals surface area contributed by atoms with Crippen molar-refractivity contribution >= 4 is 46.1 Å². The molecule has 1 saturated heterocycles. The number of halogens is 1. The maximum atomic E-state index is 13.6. The summed E-state index contributed by atoms with van der Waals surface area (Å²) < 4.78 is 32.2. The van der Waals surface area contributed by atoms with Crippen LogP contribution in [0.5, 0.6) is 5.75 Å². The Balaban J connectivity index is 0.00000285. The highest BCUT2D eigenvalue weighted by Crippen LogP contribution is 2.47. The van der Waals surface area contributed by atoms with Crippen molar-refractivity contribution in [3.63, 3.8) is 0 Å². The Kier molecular flexibility index (Phi) is 17.3. The van der Waals surface area contributed by atoms with Crippen LogP contribution >= 0.6 is 23.5 Å². The van der Waals surface area contributed by atoms with Gasteiger partial charge in [0.2, 0.25) is 0 Å². The van der Waals surface area contributed by atoms with Gasteiger partial charge in [-0.3, -0.25) is 14.4 Å². The number of alkyl halides is 1. The predicted molar refractivity (Wildman–Crippen MR) is 232 cm³/mol. The SMILES string of the molecule is CCCc1ccccc1C1COc2ccc3cc2N(C1)CC1CCC1C(CN1CCCN(SC)CCNCC1)(OC)/C=C/CC(C)C(C)S(=O)NC3=O.CCl. The maximum Gasteiger partial charge on any atom is 0.263 e. The molecule has 2 bridgehead atoms. The van der Waals surface area contributed by atoms with Crippen molar-refractivity contribution in [2.75, 3.05) is 90.2 Å². The molecule has 12 heteroatoms. The number of methoxy groups -OCH3 is 1. The summed E-state index contributed by atoms with van der Waals surface area (Å²) in [6, 6.07) is 14.6. The fourth-order valence-electron chi connectivity index (χ4n) is 8.80. The predicted octanol–water partition coefficient (Wildman–Crippen LogP) is 7.14. The number of allylic oxidation sites excluding steroid dienone is 1. The third kappa shape index (κ3) is 11.1. The van der Waals surface area contributed by atoms with E-state index in [9.17, 15) is 9.00 Å². The summed E-state index contributed by atoms with van der Waals surface area (Å²) >= 11 is 6.48. The van der Waals surface area contributed by atoms with Crippen molar-refractivity contribution < 1.29 is 18.5 Å². The van der Waals surface area contributed by atoms with Gasteiger partial charge in [-0.15, -0.1) is 11.6 Å². The van der Waals surface area contributed by atoms with Crippen molar-refractivity contribution in [3.05, 3.63) is 71.3 Å². The Morgan fingerprint density at radius 2 is 1.85 bits per heavy atom. The number of carbonyl (C=O) groups excluding carboxylic acids is 1. The van der Waals surface area contributed by atoms with Crippen molar-refractivity contribution in [3.8, 4) is 5.75 Å². The number of carbonyl (C=O) groups is 1. The second kappa shape index (κ2) is 21.6. The number of amides is 1. The first-order chi connectivity index (χ1) is 26.7. The molecule has 0 radical (unpaired) electrons. The van der Waals surface area contributed by atoms with Gasteiger partial charge in [-0.25, -0.2) is 8.51 Å². The van der Waals surface area contributed by atoms with Crippen LogP contribution in [0.2, 0.25) is 0 Å². The first kappa shape index (κ1) is 44.0. The number of nitrogens with zero attached hydrogens (tertiary/aromatic N) is 3. The zero-order chi connectivity index (χ0) is 39.4. The van der Waals surface area contributed by atoms with Crippen molar-refractivity contribution in [1.82, 2.24) is 19.2 Å². The second-order valence-electron chi connectivity index (χ2n) is 15.7. The van der Waals surface area contributed by atoms with Crippen molar-refractivity contribution in [2.45, 2.75) is 76.1 Å². The van der Waals surface area contributed by atoms with Crippen LogP contribution in [0, 0.1) is 17.8 Å². The van der Waals surface area contributed by atoms with E-state index in [0.717, 1.165) is 109 Å². The molecule has 1 aliphatic carbocycles. The number of fused-ring (bicyclic) bond motifs is 2. The molecule has 2 aromatic carbocycles. The van der Waals surface area contributed by atoms with Gasteiger partial charge < -0.3 is 19.7 Å². The molecule has 1 amide bonds. The molecular formula is C43H66ClN5O4S2. The van der Waals surface area contributed by atoms with Crippen molar-refractivity contribution in [2.24, 2.45) is 17.8 Å². The van der Waals surface area contributed by atoms with Gasteiger partial charge in [-0.1, -0.05) is 68.6 Å². The van der Waals surface area contributed by atoms with E-state index >= 15 is 0 Å². The molecule has 0 aromatic heterocycles. The number of nitrogens with one attached hydrogen (secondary N) is 2. The number of benzene rings is 2. The van der Waals surface area contributed by atoms with Crippen LogP contribution in [0.25, 0.3) is 0 Å². The summed E-state index contributed by atoms with van der Waals surface area (Å²) in [6.07, 6.45) is 14.5. The van der Waals surface area contributed by atoms with E-state index in [1.54, 1.807) is 0 Å². The molecule has 1 saturated carbocycles. The lowest BCUT2D eigenvalue weighted by atomic mass is 9.63. The van der Waals surface area contributed by atoms with E-state index < -0.39 is 16.6 Å². The fourth-order valence-corrected chi connectivity index (χ4v) is 10.4. The number of hydrogen-bond acceptors (Lipinski definition) is 9. The maximum absolute atomic E-state index is 13.6. The number of anilines is 1. The van der Waals surface area contributed by atoms with Crippen LogP contribution in [0.3, 0.4) is 0 Å². The number of rotatable bonds is 7. The minimum atomic E-state index is -1.54. The average Bonchev–Trinajstić information content (AvgIpc) is 3.37. The Hall–Kier alpha value is -2.12. The monoisotopic (exact) mass is 815 g/mol. The van der Waals surface area contributed by atoms with E-state index in [1.165, 1.54) is 17.5 Å². The minimum Gasteiger partial charge on any atom is -0.491 e. The summed E-state index contributed by atoms with van der Waals surface area (Å²) in [5.41, 5.74) is 3.73. The van der Waals surface area contributed by atoms with Crippen LogP contribution in [0.4, 0.5) is 5.69 Å². The van der Waals surface area contributed by atoms with Crippen LogP contribution in [-0.4, -0.2) is 115 Å². The van der Waals surface area contributed by atoms with Crippen LogP contribution in [0.15, 0.2) is 54.6 Å². The van der Waals surface area contributed by atoms with Gasteiger partial charge >= 0.3 is 0 Å². The molecule has 55 heavy (non-hydrogen) atoms. The number of hydrogen-bond donors (Lipinski definition) is 2. The van der Waals surface area contributed by atoms with Crippen LogP contribution < -0.4 is 19.7 Å². The Morgan fingerprint density at radius 3 is 2.60 bits per heavy atom. The molecule has 6 rings (SSSR count). The standard InChI is InChI=1S/C42H63N5O4S2.CH3Cl/c1-6-11-33-13-7-8-14-37(33)36-28-46-27-35-15-17-38(35)42(50-4,30-45-22-10-23-47(52-5)25-21-43-20-24-45)19-9-12-31(2)32(3)53(49)44-41(48)34-16-18-40(51-29-36)39(46)26-34;1-2/h7-9,13-14,16,18-19,26,31-32,35-36,38,43H,6,10-12,15,17,20-25,27-30H2,1-5H3,(H,44,48);1H3/b19-9+;. The normalized spacial score (nSPS) is 30.6. The van der Waals surface area contributed by atoms with E-state index in [4.69, 9.17) is 9.47 Å². The molecular weight excluding hydrogens is 750 g/mol. The minimum absolute atomic E-state index is 0.103. The van der Waals surface area contributed by atoms with E-state index in [-0.39, 0.29) is 23.0 Å². The Morgan fingerprint density at radius 1 is 1.05 bits per heavy atom. The van der Waals surface area contributed by atoms with E-state index in [2.05, 4.69) is 92.3 Å². The topological polar surface area (TPSA) is 86.4 Å². The lowest BCUT2D eigenvalue weighted by Crippen LogP contribution is -2.57. The molecule has 2 aromatic rings. The molecule has 2 fully saturated rings. The largest absolute Gasteiger partial charge is 0.491 e. The first-order valence-corrected chi connectivity index (χ1v) is 23.5. The van der Waals surface area contributed by atoms with E-state index in [0.29, 0.717) is 24.0 Å². The third-order valence-electron chi connectivity index (χ3n) is 12.3. The highest BCUT2D eigenvalue weighted by Gasteiger charge is 2.48. The molecule has 9 nitrogen and oxygen atoms in total. The van der Waals surface area contributed by atoms with Gasteiger partial charge in [0, 0.05) is 77.3 Å². The zero-order valence-corrected chi connectivity index (χ0v) is 36.5. The van der Waals surface area contributed by atoms with Crippen LogP contribution in [0.1, 0.15) is 80.3 Å². The summed E-state index contributed by atoms with van der Waals surface area (Å²) in [7, 11) is 0.371. The second-order valence-corrected chi connectivity index (χ2v) is 18.1. The van der Waals surface area contributed by atoms with Gasteiger partial charge in [0.25, 0.3) is 5.91 Å². The Bertz CT molecular complexity index is 1580. The summed E-state index contributed by atoms with van der Waals surface area (Å²) in [5.74, 6) is 1.50. The highest BCUT2D eigenvalue weighted by molar-refractivity contribution is 7.96. The molecule has 7 unspecified atom stereocenters. The lowest BCUT2D eigenvalue weighted by Gasteiger charge is -2.51. The fraction of sp³-hybridized carbons (Fsp3) is 0.651. The van der Waals surface area contributed by atoms with Crippen LogP contribution in [-0.2, 0) is 22.1 Å². The summed E-state index contributed by atoms with van der Waals surface area (Å²) in [4.78, 5) is 18.7. The molecule has 3 heterocycles. The molecule has 4 aliphatic rings. The van der Waals surface area contributed by atoms with Gasteiger partial charge in [0.05, 0.1) is 17.5 Å². The van der Waals surface area contributed by atoms with Gasteiger partial charge in [-0.05, 0) is 98.9 Å². The zero-order valence-electron chi connectivity index (χ0n) is 34.1. The average molecular weight is 817 g/mol. The van der Waals surface area contributed by atoms with E-state index in [1.807, 2.05) is 44.2 Å². The molecule has 2 N–H and O–H groups in total. The molecule has 3 aliphatic heterocycles. The Labute approximate surface area is 343 Å². The summed E-state index contributed by atoms with van der Waals surface area (Å²) in [5, 5.41) is 3.46. The molecule has 7 atom stereocenters. The van der Waals surface area contributed by atoms with Gasteiger partial charge in [0.1, 0.15) is 22.3 Å². The van der Waals surface area contributed by atoms with Gasteiger partial charge in [0.15, 0.2) is 0 Å². The number of ether oxygens (including phenoxy) is 2. The van der Waals surface area contributed by atoms with Gasteiger partial charge in [-0.2, -0.15) is 0 Å². The highest BCUT2D eigenvalue weighted by atomic mass is 35.5. The molecule has 306 valence electrons. The summed E-state index contributed by atoms with van der Waals surface area (Å²) in [6.45, 7) is 15.5. The number of aryl methyl sites for hydroxylation is 1. The first-order valence-electron chi connectivity index (χ1n) is 20.4.